The van der Waals surface area contributed by atoms with E-state index in [-0.39, 0.29) is 17.6 Å². The van der Waals surface area contributed by atoms with Gasteiger partial charge < -0.3 is 15.4 Å². The minimum absolute atomic E-state index is 0.0203. The van der Waals surface area contributed by atoms with Crippen LogP contribution >= 0.6 is 0 Å². The van der Waals surface area contributed by atoms with Gasteiger partial charge in [-0.1, -0.05) is 0 Å². The van der Waals surface area contributed by atoms with E-state index in [1.54, 1.807) is 7.11 Å². The monoisotopic (exact) mass is 202 g/mol. The molecule has 0 aliphatic rings. The first kappa shape index (κ1) is 13.4. The van der Waals surface area contributed by atoms with Crippen LogP contribution in [0.15, 0.2) is 0 Å². The molecule has 0 aromatic heterocycles. The Balaban J connectivity index is 3.59. The number of nitrogens with one attached hydrogen (secondary N) is 2. The summed E-state index contributed by atoms with van der Waals surface area (Å²) in [7, 11) is 1.66. The third-order valence-corrected chi connectivity index (χ3v) is 1.84. The summed E-state index contributed by atoms with van der Waals surface area (Å²) in [6, 6.07) is 0.194. The Morgan fingerprint density at radius 2 is 2.00 bits per heavy atom. The van der Waals surface area contributed by atoms with E-state index in [1.807, 2.05) is 27.7 Å². The third-order valence-electron chi connectivity index (χ3n) is 1.84. The zero-order chi connectivity index (χ0) is 11.2. The number of rotatable bonds is 6. The number of hydrogen-bond acceptors (Lipinski definition) is 3. The molecule has 0 heterocycles. The maximum atomic E-state index is 11.2. The van der Waals surface area contributed by atoms with Gasteiger partial charge in [-0.25, -0.2) is 0 Å². The lowest BCUT2D eigenvalue weighted by Crippen LogP contribution is -2.43. The van der Waals surface area contributed by atoms with Gasteiger partial charge in [-0.15, -0.1) is 0 Å². The summed E-state index contributed by atoms with van der Waals surface area (Å²) in [5, 5.41) is 5.85. The van der Waals surface area contributed by atoms with E-state index in [0.29, 0.717) is 13.1 Å². The minimum Gasteiger partial charge on any atom is -0.377 e. The van der Waals surface area contributed by atoms with Crippen LogP contribution in [0.5, 0.6) is 0 Å². The standard InChI is InChI=1S/C10H22N2O2/c1-8(2)12-9(13)6-11-7-10(3,4)14-5/h8,11H,6-7H2,1-5H3,(H,12,13). The second-order valence-corrected chi connectivity index (χ2v) is 4.29. The Morgan fingerprint density at radius 3 is 2.43 bits per heavy atom. The van der Waals surface area contributed by atoms with Crippen molar-refractivity contribution in [3.05, 3.63) is 0 Å². The third kappa shape index (κ3) is 6.86. The molecule has 0 aromatic rings. The van der Waals surface area contributed by atoms with Gasteiger partial charge in [-0.05, 0) is 27.7 Å². The van der Waals surface area contributed by atoms with E-state index >= 15 is 0 Å². The Kier molecular flexibility index (Phi) is 5.72. The number of carbonyl (C=O) groups excluding carboxylic acids is 1. The van der Waals surface area contributed by atoms with Crippen molar-refractivity contribution in [2.45, 2.75) is 39.3 Å². The van der Waals surface area contributed by atoms with Gasteiger partial charge in [0, 0.05) is 19.7 Å². The normalized spacial score (nSPS) is 11.9. The van der Waals surface area contributed by atoms with E-state index in [9.17, 15) is 4.79 Å². The van der Waals surface area contributed by atoms with Crippen LogP contribution in [0.25, 0.3) is 0 Å². The molecule has 2 N–H and O–H groups in total. The molecule has 0 aliphatic carbocycles. The summed E-state index contributed by atoms with van der Waals surface area (Å²) in [6.45, 7) is 8.83. The molecule has 4 nitrogen and oxygen atoms in total. The first-order valence-corrected chi connectivity index (χ1v) is 4.92. The SMILES string of the molecule is COC(C)(C)CNCC(=O)NC(C)C. The molecule has 0 fully saturated rings. The Hall–Kier alpha value is -0.610. The predicted molar refractivity (Wildman–Crippen MR) is 57.2 cm³/mol. The molecule has 84 valence electrons. The lowest BCUT2D eigenvalue weighted by Gasteiger charge is -2.23. The highest BCUT2D eigenvalue weighted by Gasteiger charge is 2.15. The molecule has 1 amide bonds. The van der Waals surface area contributed by atoms with E-state index in [1.165, 1.54) is 0 Å². The van der Waals surface area contributed by atoms with Gasteiger partial charge in [0.05, 0.1) is 12.1 Å². The summed E-state index contributed by atoms with van der Waals surface area (Å²) in [5.74, 6) is 0.0203. The molecule has 14 heavy (non-hydrogen) atoms. The zero-order valence-corrected chi connectivity index (χ0v) is 9.81. The van der Waals surface area contributed by atoms with Gasteiger partial charge in [0.15, 0.2) is 0 Å². The summed E-state index contributed by atoms with van der Waals surface area (Å²) >= 11 is 0. The van der Waals surface area contributed by atoms with Gasteiger partial charge in [-0.2, -0.15) is 0 Å². The first-order chi connectivity index (χ1) is 6.37. The van der Waals surface area contributed by atoms with Gasteiger partial charge in [0.1, 0.15) is 0 Å². The molecule has 0 rings (SSSR count). The fourth-order valence-electron chi connectivity index (χ4n) is 0.922. The van der Waals surface area contributed by atoms with Crippen molar-refractivity contribution in [3.8, 4) is 0 Å². The quantitative estimate of drug-likeness (QED) is 0.660. The lowest BCUT2D eigenvalue weighted by molar-refractivity contribution is -0.120. The lowest BCUT2D eigenvalue weighted by atomic mass is 10.1. The van der Waals surface area contributed by atoms with Crippen LogP contribution in [0, 0.1) is 0 Å². The largest absolute Gasteiger partial charge is 0.377 e. The fraction of sp³-hybridized carbons (Fsp3) is 0.900. The van der Waals surface area contributed by atoms with Gasteiger partial charge >= 0.3 is 0 Å². The average molecular weight is 202 g/mol. The van der Waals surface area contributed by atoms with E-state index in [4.69, 9.17) is 4.74 Å². The van der Waals surface area contributed by atoms with Crippen LogP contribution < -0.4 is 10.6 Å². The molecule has 4 heteroatoms. The molecule has 0 bridgehead atoms. The molecule has 0 unspecified atom stereocenters. The summed E-state index contributed by atoms with van der Waals surface area (Å²) < 4.78 is 5.21. The van der Waals surface area contributed by atoms with Crippen molar-refractivity contribution in [3.63, 3.8) is 0 Å². The molecular weight excluding hydrogens is 180 g/mol. The van der Waals surface area contributed by atoms with Crippen molar-refractivity contribution >= 4 is 5.91 Å². The minimum atomic E-state index is -0.224. The number of ether oxygens (including phenoxy) is 1. The first-order valence-electron chi connectivity index (χ1n) is 4.92. The van der Waals surface area contributed by atoms with E-state index in [0.717, 1.165) is 0 Å². The fourth-order valence-corrected chi connectivity index (χ4v) is 0.922. The van der Waals surface area contributed by atoms with Crippen molar-refractivity contribution in [2.24, 2.45) is 0 Å². The summed E-state index contributed by atoms with van der Waals surface area (Å²) in [5.41, 5.74) is -0.224. The van der Waals surface area contributed by atoms with Crippen molar-refractivity contribution in [2.75, 3.05) is 20.2 Å². The smallest absolute Gasteiger partial charge is 0.234 e. The maximum absolute atomic E-state index is 11.2. The highest BCUT2D eigenvalue weighted by atomic mass is 16.5. The molecule has 0 aromatic carbocycles. The van der Waals surface area contributed by atoms with Crippen LogP contribution in [-0.2, 0) is 9.53 Å². The van der Waals surface area contributed by atoms with Crippen LogP contribution in [0.3, 0.4) is 0 Å². The Morgan fingerprint density at radius 1 is 1.43 bits per heavy atom. The highest BCUT2D eigenvalue weighted by molar-refractivity contribution is 5.78. The Labute approximate surface area is 86.4 Å². The Bertz CT molecular complexity index is 179. The van der Waals surface area contributed by atoms with Crippen molar-refractivity contribution in [1.29, 1.82) is 0 Å². The number of carbonyl (C=O) groups is 1. The second kappa shape index (κ2) is 5.98. The topological polar surface area (TPSA) is 50.4 Å². The molecule has 0 aliphatic heterocycles. The highest BCUT2D eigenvalue weighted by Crippen LogP contribution is 2.03. The van der Waals surface area contributed by atoms with Crippen molar-refractivity contribution < 1.29 is 9.53 Å². The van der Waals surface area contributed by atoms with E-state index < -0.39 is 0 Å². The molecule has 0 saturated heterocycles. The molecule has 0 saturated carbocycles. The van der Waals surface area contributed by atoms with Gasteiger partial charge in [-0.3, -0.25) is 4.79 Å². The van der Waals surface area contributed by atoms with E-state index in [2.05, 4.69) is 10.6 Å². The maximum Gasteiger partial charge on any atom is 0.234 e. The second-order valence-electron chi connectivity index (χ2n) is 4.29. The molecule has 0 spiro atoms. The van der Waals surface area contributed by atoms with Gasteiger partial charge in [0.2, 0.25) is 5.91 Å². The molecular formula is C10H22N2O2. The van der Waals surface area contributed by atoms with Crippen LogP contribution in [-0.4, -0.2) is 37.7 Å². The van der Waals surface area contributed by atoms with Gasteiger partial charge in [0.25, 0.3) is 0 Å². The average Bonchev–Trinajstić information content (AvgIpc) is 2.02. The summed E-state index contributed by atoms with van der Waals surface area (Å²) in [4.78, 5) is 11.2. The van der Waals surface area contributed by atoms with Crippen molar-refractivity contribution in [1.82, 2.24) is 10.6 Å². The molecule has 0 radical (unpaired) electrons. The zero-order valence-electron chi connectivity index (χ0n) is 9.81. The number of amides is 1. The predicted octanol–water partition coefficient (Wildman–Crippen LogP) is 0.526. The number of hydrogen-bond donors (Lipinski definition) is 2. The van der Waals surface area contributed by atoms with Crippen LogP contribution in [0.4, 0.5) is 0 Å². The molecule has 0 atom stereocenters. The summed E-state index contributed by atoms with van der Waals surface area (Å²) in [6.07, 6.45) is 0. The number of methoxy groups -OCH3 is 1. The van der Waals surface area contributed by atoms with Crippen LogP contribution in [0.1, 0.15) is 27.7 Å². The van der Waals surface area contributed by atoms with Crippen LogP contribution in [0.2, 0.25) is 0 Å².